The minimum absolute atomic E-state index is 0.103. The summed E-state index contributed by atoms with van der Waals surface area (Å²) in [4.78, 5) is 27.4. The molecule has 0 spiro atoms. The van der Waals surface area contributed by atoms with Gasteiger partial charge in [0.05, 0.1) is 11.9 Å². The summed E-state index contributed by atoms with van der Waals surface area (Å²) in [7, 11) is -3.56. The fourth-order valence-electron chi connectivity index (χ4n) is 3.53. The molecule has 2 amide bonds. The van der Waals surface area contributed by atoms with Gasteiger partial charge in [0.1, 0.15) is 6.04 Å². The first kappa shape index (κ1) is 27.7. The SMILES string of the molecule is CCCCNC(=O)[C@H](C)N(Cc1ccccc1)C(=O)CCCN(c1cccc(Cl)c1)S(C)(=O)=O. The smallest absolute Gasteiger partial charge is 0.242 e. The molecular formula is C25H34ClN3O4S. The van der Waals surface area contributed by atoms with E-state index in [9.17, 15) is 18.0 Å². The van der Waals surface area contributed by atoms with E-state index in [1.54, 1.807) is 36.1 Å². The molecule has 2 rings (SSSR count). The molecule has 0 heterocycles. The quantitative estimate of drug-likeness (QED) is 0.411. The van der Waals surface area contributed by atoms with Crippen molar-refractivity contribution in [3.05, 3.63) is 65.2 Å². The fourth-order valence-corrected chi connectivity index (χ4v) is 4.68. The average molecular weight is 508 g/mol. The molecule has 1 N–H and O–H groups in total. The third-order valence-corrected chi connectivity index (χ3v) is 6.87. The van der Waals surface area contributed by atoms with Crippen LogP contribution < -0.4 is 9.62 Å². The highest BCUT2D eigenvalue weighted by Crippen LogP contribution is 2.22. The number of hydrogen-bond acceptors (Lipinski definition) is 4. The predicted octanol–water partition coefficient (Wildman–Crippen LogP) is 4.22. The molecule has 0 unspecified atom stereocenters. The zero-order valence-electron chi connectivity index (χ0n) is 20.0. The number of halogens is 1. The predicted molar refractivity (Wildman–Crippen MR) is 137 cm³/mol. The number of rotatable bonds is 13. The Kier molecular flexibility index (Phi) is 10.9. The summed E-state index contributed by atoms with van der Waals surface area (Å²) in [5, 5.41) is 3.32. The van der Waals surface area contributed by atoms with E-state index in [-0.39, 0.29) is 24.8 Å². The van der Waals surface area contributed by atoms with Crippen LogP contribution in [0.2, 0.25) is 5.02 Å². The van der Waals surface area contributed by atoms with Gasteiger partial charge in [-0.25, -0.2) is 8.42 Å². The lowest BCUT2D eigenvalue weighted by molar-refractivity contribution is -0.140. The molecule has 2 aromatic rings. The maximum absolute atomic E-state index is 13.2. The van der Waals surface area contributed by atoms with E-state index in [0.717, 1.165) is 24.7 Å². The lowest BCUT2D eigenvalue weighted by atomic mass is 10.1. The van der Waals surface area contributed by atoms with Gasteiger partial charge in [0.25, 0.3) is 0 Å². The van der Waals surface area contributed by atoms with E-state index in [4.69, 9.17) is 11.6 Å². The Morgan fingerprint density at radius 2 is 1.76 bits per heavy atom. The number of sulfonamides is 1. The van der Waals surface area contributed by atoms with Crippen LogP contribution in [0.25, 0.3) is 0 Å². The molecule has 2 aromatic carbocycles. The number of benzene rings is 2. The van der Waals surface area contributed by atoms with Crippen molar-refractivity contribution < 1.29 is 18.0 Å². The molecule has 0 aliphatic heterocycles. The van der Waals surface area contributed by atoms with Crippen LogP contribution in [-0.2, 0) is 26.2 Å². The molecule has 7 nitrogen and oxygen atoms in total. The van der Waals surface area contributed by atoms with E-state index in [1.807, 2.05) is 37.3 Å². The van der Waals surface area contributed by atoms with Gasteiger partial charge in [-0.15, -0.1) is 0 Å². The van der Waals surface area contributed by atoms with Gasteiger partial charge in [-0.2, -0.15) is 0 Å². The van der Waals surface area contributed by atoms with E-state index in [0.29, 0.717) is 30.2 Å². The average Bonchev–Trinajstić information content (AvgIpc) is 2.79. The largest absolute Gasteiger partial charge is 0.354 e. The Hall–Kier alpha value is -2.58. The van der Waals surface area contributed by atoms with Crippen LogP contribution in [0.3, 0.4) is 0 Å². The molecule has 0 aromatic heterocycles. The Labute approximate surface area is 208 Å². The first-order valence-electron chi connectivity index (χ1n) is 11.5. The molecule has 0 fully saturated rings. The van der Waals surface area contributed by atoms with Gasteiger partial charge in [0.15, 0.2) is 0 Å². The van der Waals surface area contributed by atoms with Gasteiger partial charge in [-0.3, -0.25) is 13.9 Å². The number of anilines is 1. The van der Waals surface area contributed by atoms with Crippen LogP contribution in [0.1, 0.15) is 45.1 Å². The molecule has 1 atom stereocenters. The van der Waals surface area contributed by atoms with Crippen LogP contribution >= 0.6 is 11.6 Å². The molecule has 186 valence electrons. The van der Waals surface area contributed by atoms with Gasteiger partial charge in [-0.1, -0.05) is 61.3 Å². The highest BCUT2D eigenvalue weighted by atomic mass is 35.5. The van der Waals surface area contributed by atoms with Gasteiger partial charge < -0.3 is 10.2 Å². The van der Waals surface area contributed by atoms with Crippen molar-refractivity contribution in [2.45, 2.75) is 52.1 Å². The highest BCUT2D eigenvalue weighted by molar-refractivity contribution is 7.92. The lowest BCUT2D eigenvalue weighted by Crippen LogP contribution is -2.47. The first-order valence-corrected chi connectivity index (χ1v) is 13.7. The van der Waals surface area contributed by atoms with Gasteiger partial charge in [-0.05, 0) is 43.5 Å². The molecule has 0 aliphatic rings. The van der Waals surface area contributed by atoms with Crippen molar-refractivity contribution in [1.29, 1.82) is 0 Å². The van der Waals surface area contributed by atoms with Gasteiger partial charge >= 0.3 is 0 Å². The van der Waals surface area contributed by atoms with E-state index < -0.39 is 16.1 Å². The Morgan fingerprint density at radius 3 is 2.38 bits per heavy atom. The van der Waals surface area contributed by atoms with Gasteiger partial charge in [0.2, 0.25) is 21.8 Å². The van der Waals surface area contributed by atoms with Crippen molar-refractivity contribution in [2.24, 2.45) is 0 Å². The molecule has 0 aliphatic carbocycles. The van der Waals surface area contributed by atoms with E-state index in [1.165, 1.54) is 4.31 Å². The van der Waals surface area contributed by atoms with Crippen molar-refractivity contribution in [3.63, 3.8) is 0 Å². The first-order chi connectivity index (χ1) is 16.1. The number of hydrogen-bond donors (Lipinski definition) is 1. The second-order valence-electron chi connectivity index (χ2n) is 8.25. The number of carbonyl (C=O) groups excluding carboxylic acids is 2. The van der Waals surface area contributed by atoms with Crippen molar-refractivity contribution in [2.75, 3.05) is 23.7 Å². The minimum Gasteiger partial charge on any atom is -0.354 e. The number of unbranched alkanes of at least 4 members (excludes halogenated alkanes) is 1. The van der Waals surface area contributed by atoms with Crippen molar-refractivity contribution in [3.8, 4) is 0 Å². The van der Waals surface area contributed by atoms with E-state index >= 15 is 0 Å². The number of nitrogens with zero attached hydrogens (tertiary/aromatic N) is 2. The topological polar surface area (TPSA) is 86.8 Å². The number of amides is 2. The van der Waals surface area contributed by atoms with Gasteiger partial charge in [0, 0.05) is 31.1 Å². The summed E-state index contributed by atoms with van der Waals surface area (Å²) in [6, 6.07) is 15.4. The molecular weight excluding hydrogens is 474 g/mol. The Bertz CT molecular complexity index is 1050. The number of carbonyl (C=O) groups is 2. The molecule has 0 radical (unpaired) electrons. The summed E-state index contributed by atoms with van der Waals surface area (Å²) >= 11 is 6.03. The molecule has 0 saturated heterocycles. The Morgan fingerprint density at radius 1 is 1.06 bits per heavy atom. The standard InChI is InChI=1S/C25H34ClN3O4S/c1-4-5-16-27-25(31)20(2)28(19-21-11-7-6-8-12-21)24(30)15-10-17-29(34(3,32)33)23-14-9-13-22(26)18-23/h6-9,11-14,18,20H,4-5,10,15-17,19H2,1-3H3,(H,27,31)/t20-/m0/s1. The zero-order chi connectivity index (χ0) is 25.1. The summed E-state index contributed by atoms with van der Waals surface area (Å²) in [6.07, 6.45) is 3.36. The second-order valence-corrected chi connectivity index (χ2v) is 10.6. The van der Waals surface area contributed by atoms with Crippen molar-refractivity contribution in [1.82, 2.24) is 10.2 Å². The van der Waals surface area contributed by atoms with E-state index in [2.05, 4.69) is 5.32 Å². The second kappa shape index (κ2) is 13.3. The van der Waals surface area contributed by atoms with Crippen LogP contribution in [0.4, 0.5) is 5.69 Å². The third-order valence-electron chi connectivity index (χ3n) is 5.44. The zero-order valence-corrected chi connectivity index (χ0v) is 21.6. The summed E-state index contributed by atoms with van der Waals surface area (Å²) in [6.45, 7) is 4.75. The van der Waals surface area contributed by atoms with Crippen LogP contribution in [-0.4, -0.2) is 50.5 Å². The lowest BCUT2D eigenvalue weighted by Gasteiger charge is -2.29. The maximum atomic E-state index is 13.2. The normalized spacial score (nSPS) is 12.1. The molecule has 0 bridgehead atoms. The molecule has 0 saturated carbocycles. The molecule has 9 heteroatoms. The minimum atomic E-state index is -3.56. The van der Waals surface area contributed by atoms with Crippen LogP contribution in [0, 0.1) is 0 Å². The summed E-state index contributed by atoms with van der Waals surface area (Å²) in [5.41, 5.74) is 1.37. The van der Waals surface area contributed by atoms with Crippen LogP contribution in [0.15, 0.2) is 54.6 Å². The maximum Gasteiger partial charge on any atom is 0.242 e. The summed E-state index contributed by atoms with van der Waals surface area (Å²) < 4.78 is 25.9. The Balaban J connectivity index is 2.11. The highest BCUT2D eigenvalue weighted by Gasteiger charge is 2.26. The number of nitrogens with one attached hydrogen (secondary N) is 1. The third kappa shape index (κ3) is 8.65. The van der Waals surface area contributed by atoms with Crippen LogP contribution in [0.5, 0.6) is 0 Å². The molecule has 34 heavy (non-hydrogen) atoms. The monoisotopic (exact) mass is 507 g/mol. The fraction of sp³-hybridized carbons (Fsp3) is 0.440. The summed E-state index contributed by atoms with van der Waals surface area (Å²) in [5.74, 6) is -0.407. The van der Waals surface area contributed by atoms with Crippen molar-refractivity contribution >= 4 is 39.1 Å².